The summed E-state index contributed by atoms with van der Waals surface area (Å²) >= 11 is 1.39. The molecule has 0 unspecified atom stereocenters. The Kier molecular flexibility index (Phi) is 4.31. The summed E-state index contributed by atoms with van der Waals surface area (Å²) in [5, 5.41) is 1.03. The molecule has 0 aliphatic heterocycles. The first-order valence-electron chi connectivity index (χ1n) is 7.35. The third-order valence-electron chi connectivity index (χ3n) is 3.74. The highest BCUT2D eigenvalue weighted by molar-refractivity contribution is 7.21. The molecule has 0 amide bonds. The fourth-order valence-electron chi connectivity index (χ4n) is 2.43. The molecular weight excluding hydrogens is 326 g/mol. The average molecular weight is 341 g/mol. The average Bonchev–Trinajstić information content (AvgIpc) is 3.18. The summed E-state index contributed by atoms with van der Waals surface area (Å²) in [4.78, 5) is 38.8. The Morgan fingerprint density at radius 3 is 2.62 bits per heavy atom. The maximum Gasteiger partial charge on any atom is 0.355 e. The molecule has 5 nitrogen and oxygen atoms in total. The topological polar surface area (TPSA) is 76.2 Å². The van der Waals surface area contributed by atoms with Crippen molar-refractivity contribution >= 4 is 39.0 Å². The van der Waals surface area contributed by atoms with Crippen molar-refractivity contribution in [1.82, 2.24) is 4.98 Å². The molecule has 2 heterocycles. The van der Waals surface area contributed by atoms with Gasteiger partial charge in [-0.1, -0.05) is 18.2 Å². The van der Waals surface area contributed by atoms with Gasteiger partial charge in [0.05, 0.1) is 4.88 Å². The van der Waals surface area contributed by atoms with E-state index in [0.717, 1.165) is 15.6 Å². The van der Waals surface area contributed by atoms with Crippen molar-refractivity contribution in [2.24, 2.45) is 0 Å². The standard InChI is InChI=1S/C18H15NO4S/c1-10-13-5-3-4-6-16(13)24-17(10)15(21)9-23-18(22)14-7-12(8-19-14)11(2)20/h3-8,19H,9H2,1-2H3. The van der Waals surface area contributed by atoms with Crippen LogP contribution in [0.4, 0.5) is 0 Å². The molecule has 3 aromatic rings. The molecule has 0 aliphatic carbocycles. The smallest absolute Gasteiger partial charge is 0.355 e. The van der Waals surface area contributed by atoms with E-state index in [1.165, 1.54) is 30.5 Å². The highest BCUT2D eigenvalue weighted by Gasteiger charge is 2.18. The number of aryl methyl sites for hydroxylation is 1. The Balaban J connectivity index is 1.71. The fraction of sp³-hybridized carbons (Fsp3) is 0.167. The van der Waals surface area contributed by atoms with Crippen LogP contribution < -0.4 is 0 Å². The van der Waals surface area contributed by atoms with E-state index in [1.54, 1.807) is 0 Å². The summed E-state index contributed by atoms with van der Waals surface area (Å²) in [6.07, 6.45) is 1.44. The number of esters is 1. The van der Waals surface area contributed by atoms with E-state index in [1.807, 2.05) is 31.2 Å². The number of fused-ring (bicyclic) bond motifs is 1. The van der Waals surface area contributed by atoms with Crippen molar-refractivity contribution in [2.45, 2.75) is 13.8 Å². The molecule has 2 aromatic heterocycles. The molecule has 6 heteroatoms. The summed E-state index contributed by atoms with van der Waals surface area (Å²) in [6.45, 7) is 2.96. The first-order valence-corrected chi connectivity index (χ1v) is 8.17. The van der Waals surface area contributed by atoms with Gasteiger partial charge in [0.15, 0.2) is 12.4 Å². The van der Waals surface area contributed by atoms with Crippen molar-refractivity contribution in [3.05, 3.63) is 58.2 Å². The Labute approximate surface area is 142 Å². The minimum atomic E-state index is -0.658. The van der Waals surface area contributed by atoms with Gasteiger partial charge in [-0.2, -0.15) is 0 Å². The van der Waals surface area contributed by atoms with E-state index < -0.39 is 5.97 Å². The van der Waals surface area contributed by atoms with Gasteiger partial charge >= 0.3 is 5.97 Å². The zero-order valence-electron chi connectivity index (χ0n) is 13.2. The van der Waals surface area contributed by atoms with E-state index in [4.69, 9.17) is 4.74 Å². The Hall–Kier alpha value is -2.73. The quantitative estimate of drug-likeness (QED) is 0.566. The molecule has 0 radical (unpaired) electrons. The van der Waals surface area contributed by atoms with E-state index >= 15 is 0 Å². The minimum Gasteiger partial charge on any atom is -0.453 e. The van der Waals surface area contributed by atoms with Crippen LogP contribution in [-0.4, -0.2) is 29.1 Å². The molecule has 0 saturated carbocycles. The molecule has 24 heavy (non-hydrogen) atoms. The lowest BCUT2D eigenvalue weighted by Gasteiger charge is -2.02. The van der Waals surface area contributed by atoms with Crippen molar-refractivity contribution in [3.63, 3.8) is 0 Å². The van der Waals surface area contributed by atoms with Crippen LogP contribution >= 0.6 is 11.3 Å². The van der Waals surface area contributed by atoms with Gasteiger partial charge in [0.2, 0.25) is 5.78 Å². The molecule has 122 valence electrons. The molecule has 3 rings (SSSR count). The second-order valence-corrected chi connectivity index (χ2v) is 6.46. The number of aromatic amines is 1. The molecule has 1 aromatic carbocycles. The van der Waals surface area contributed by atoms with E-state index in [2.05, 4.69) is 4.98 Å². The number of hydrogen-bond donors (Lipinski definition) is 1. The Morgan fingerprint density at radius 2 is 1.96 bits per heavy atom. The van der Waals surface area contributed by atoms with Gasteiger partial charge in [0.25, 0.3) is 0 Å². The largest absolute Gasteiger partial charge is 0.453 e. The normalized spacial score (nSPS) is 10.8. The van der Waals surface area contributed by atoms with Crippen LogP contribution in [0.5, 0.6) is 0 Å². The van der Waals surface area contributed by atoms with Gasteiger partial charge in [-0.3, -0.25) is 9.59 Å². The summed E-state index contributed by atoms with van der Waals surface area (Å²) in [6, 6.07) is 9.18. The Bertz CT molecular complexity index is 951. The number of carbonyl (C=O) groups is 3. The molecule has 1 N–H and O–H groups in total. The molecule has 0 atom stereocenters. The van der Waals surface area contributed by atoms with Crippen LogP contribution in [0.1, 0.15) is 43.0 Å². The maximum atomic E-state index is 12.4. The van der Waals surface area contributed by atoms with Crippen molar-refractivity contribution in [3.8, 4) is 0 Å². The van der Waals surface area contributed by atoms with Crippen LogP contribution in [-0.2, 0) is 4.74 Å². The number of hydrogen-bond acceptors (Lipinski definition) is 5. The highest BCUT2D eigenvalue weighted by atomic mass is 32.1. The third-order valence-corrected chi connectivity index (χ3v) is 5.05. The van der Waals surface area contributed by atoms with Crippen molar-refractivity contribution in [1.29, 1.82) is 0 Å². The van der Waals surface area contributed by atoms with Crippen LogP contribution in [0.2, 0.25) is 0 Å². The monoisotopic (exact) mass is 341 g/mol. The number of Topliss-reactive ketones (excluding diaryl/α,β-unsaturated/α-hetero) is 2. The lowest BCUT2D eigenvalue weighted by Crippen LogP contribution is -2.14. The fourth-order valence-corrected chi connectivity index (χ4v) is 3.56. The lowest BCUT2D eigenvalue weighted by molar-refractivity contribution is 0.0470. The van der Waals surface area contributed by atoms with Crippen LogP contribution in [0.25, 0.3) is 10.1 Å². The lowest BCUT2D eigenvalue weighted by atomic mass is 10.1. The first-order chi connectivity index (χ1) is 11.5. The third kappa shape index (κ3) is 3.00. The number of thiophene rings is 1. The summed E-state index contributed by atoms with van der Waals surface area (Å²) in [7, 11) is 0. The molecule has 0 spiro atoms. The van der Waals surface area contributed by atoms with Gasteiger partial charge in [0.1, 0.15) is 5.69 Å². The number of carbonyl (C=O) groups excluding carboxylic acids is 3. The van der Waals surface area contributed by atoms with Gasteiger partial charge in [0, 0.05) is 16.5 Å². The van der Waals surface area contributed by atoms with Gasteiger partial charge in [-0.25, -0.2) is 4.79 Å². The molecule has 0 fully saturated rings. The predicted octanol–water partition coefficient (Wildman–Crippen LogP) is 3.78. The van der Waals surface area contributed by atoms with Crippen LogP contribution in [0, 0.1) is 6.92 Å². The van der Waals surface area contributed by atoms with Crippen LogP contribution in [0.3, 0.4) is 0 Å². The molecule has 0 saturated heterocycles. The van der Waals surface area contributed by atoms with Gasteiger partial charge in [-0.05, 0) is 36.9 Å². The number of rotatable bonds is 5. The van der Waals surface area contributed by atoms with E-state index in [9.17, 15) is 14.4 Å². The second-order valence-electron chi connectivity index (χ2n) is 5.41. The molecule has 0 bridgehead atoms. The number of benzene rings is 1. The summed E-state index contributed by atoms with van der Waals surface area (Å²) in [5.41, 5.74) is 1.45. The number of H-pyrrole nitrogens is 1. The predicted molar refractivity (Wildman–Crippen MR) is 92.0 cm³/mol. The number of aromatic nitrogens is 1. The van der Waals surface area contributed by atoms with Gasteiger partial charge < -0.3 is 9.72 Å². The second kappa shape index (κ2) is 6.41. The molecular formula is C18H15NO4S. The SMILES string of the molecule is CC(=O)c1c[nH]c(C(=O)OCC(=O)c2sc3ccccc3c2C)c1. The number of ketones is 2. The van der Waals surface area contributed by atoms with E-state index in [0.29, 0.717) is 10.4 Å². The summed E-state index contributed by atoms with van der Waals surface area (Å²) < 4.78 is 6.09. The number of ether oxygens (including phenoxy) is 1. The summed E-state index contributed by atoms with van der Waals surface area (Å²) in [5.74, 6) is -1.04. The molecule has 0 aliphatic rings. The minimum absolute atomic E-state index is 0.151. The van der Waals surface area contributed by atoms with Crippen molar-refractivity contribution in [2.75, 3.05) is 6.61 Å². The van der Waals surface area contributed by atoms with Crippen molar-refractivity contribution < 1.29 is 19.1 Å². The van der Waals surface area contributed by atoms with Crippen LogP contribution in [0.15, 0.2) is 36.5 Å². The zero-order chi connectivity index (χ0) is 17.3. The van der Waals surface area contributed by atoms with E-state index in [-0.39, 0.29) is 23.9 Å². The Morgan fingerprint density at radius 1 is 1.21 bits per heavy atom. The first kappa shape index (κ1) is 16.1. The highest BCUT2D eigenvalue weighted by Crippen LogP contribution is 2.30. The maximum absolute atomic E-state index is 12.4. The zero-order valence-corrected chi connectivity index (χ0v) is 14.0. The van der Waals surface area contributed by atoms with Gasteiger partial charge in [-0.15, -0.1) is 11.3 Å². The number of nitrogens with one attached hydrogen (secondary N) is 1.